The van der Waals surface area contributed by atoms with Crippen LogP contribution in [-0.4, -0.2) is 12.6 Å². The number of hydrogen-bond acceptors (Lipinski definition) is 2. The smallest absolute Gasteiger partial charge is 0.120 e. The van der Waals surface area contributed by atoms with Crippen LogP contribution >= 0.6 is 0 Å². The summed E-state index contributed by atoms with van der Waals surface area (Å²) in [5.74, 6) is 2.66. The molecule has 0 radical (unpaired) electrons. The van der Waals surface area contributed by atoms with Gasteiger partial charge in [-0.15, -0.1) is 0 Å². The Hall–Kier alpha value is -1.02. The molecule has 1 aromatic carbocycles. The third-order valence-electron chi connectivity index (χ3n) is 4.33. The maximum absolute atomic E-state index is 6.17. The van der Waals surface area contributed by atoms with Gasteiger partial charge in [-0.25, -0.2) is 0 Å². The van der Waals surface area contributed by atoms with Gasteiger partial charge in [0.15, 0.2) is 0 Å². The number of rotatable bonds is 5. The van der Waals surface area contributed by atoms with E-state index >= 15 is 0 Å². The lowest BCUT2D eigenvalue weighted by Gasteiger charge is -2.32. The number of benzene rings is 1. The molecule has 2 rings (SSSR count). The summed E-state index contributed by atoms with van der Waals surface area (Å²) >= 11 is 0. The maximum Gasteiger partial charge on any atom is 0.120 e. The van der Waals surface area contributed by atoms with E-state index in [9.17, 15) is 0 Å². The lowest BCUT2D eigenvalue weighted by atomic mass is 9.80. The second kappa shape index (κ2) is 6.95. The molecule has 0 aromatic heterocycles. The van der Waals surface area contributed by atoms with Crippen LogP contribution in [0.5, 0.6) is 5.75 Å². The average Bonchev–Trinajstić information content (AvgIpc) is 2.41. The van der Waals surface area contributed by atoms with Crippen LogP contribution in [-0.2, 0) is 6.54 Å². The summed E-state index contributed by atoms with van der Waals surface area (Å²) in [6, 6.07) is 8.50. The van der Waals surface area contributed by atoms with Gasteiger partial charge in [0, 0.05) is 6.54 Å². The highest BCUT2D eigenvalue weighted by Gasteiger charge is 2.25. The van der Waals surface area contributed by atoms with Crippen molar-refractivity contribution in [3.05, 3.63) is 29.8 Å². The third-order valence-corrected chi connectivity index (χ3v) is 4.33. The van der Waals surface area contributed by atoms with Gasteiger partial charge in [-0.1, -0.05) is 32.9 Å². The Labute approximate surface area is 117 Å². The monoisotopic (exact) mass is 261 g/mol. The highest BCUT2D eigenvalue weighted by molar-refractivity contribution is 5.28. The van der Waals surface area contributed by atoms with Crippen molar-refractivity contribution in [1.82, 2.24) is 5.32 Å². The van der Waals surface area contributed by atoms with E-state index < -0.39 is 0 Å². The molecule has 1 aliphatic rings. The Bertz CT molecular complexity index is 391. The van der Waals surface area contributed by atoms with Crippen molar-refractivity contribution in [3.8, 4) is 5.75 Å². The normalized spacial score (nSPS) is 27.2. The zero-order valence-corrected chi connectivity index (χ0v) is 12.5. The fraction of sp³-hybridized carbons (Fsp3) is 0.647. The molecule has 0 amide bonds. The van der Waals surface area contributed by atoms with E-state index in [1.54, 1.807) is 0 Å². The Kier molecular flexibility index (Phi) is 5.26. The minimum atomic E-state index is 0.403. The van der Waals surface area contributed by atoms with Gasteiger partial charge >= 0.3 is 0 Å². The van der Waals surface area contributed by atoms with Gasteiger partial charge in [-0.3, -0.25) is 0 Å². The van der Waals surface area contributed by atoms with Gasteiger partial charge in [0.1, 0.15) is 5.75 Å². The zero-order valence-electron chi connectivity index (χ0n) is 12.5. The van der Waals surface area contributed by atoms with E-state index in [1.807, 2.05) is 0 Å². The molecule has 1 aromatic rings. The van der Waals surface area contributed by atoms with Crippen LogP contribution in [0, 0.1) is 11.8 Å². The summed E-state index contributed by atoms with van der Waals surface area (Å²) in [7, 11) is 0. The minimum absolute atomic E-state index is 0.403. The van der Waals surface area contributed by atoms with Gasteiger partial charge in [0.25, 0.3) is 0 Å². The van der Waals surface area contributed by atoms with Crippen LogP contribution in [0.1, 0.15) is 45.6 Å². The maximum atomic E-state index is 6.17. The highest BCUT2D eigenvalue weighted by Crippen LogP contribution is 2.31. The minimum Gasteiger partial charge on any atom is -0.490 e. The molecule has 106 valence electrons. The summed E-state index contributed by atoms with van der Waals surface area (Å²) in [6.07, 6.45) is 4.09. The van der Waals surface area contributed by atoms with E-state index in [2.05, 4.69) is 50.4 Å². The van der Waals surface area contributed by atoms with Crippen molar-refractivity contribution in [2.45, 2.75) is 52.7 Å². The second-order valence-corrected chi connectivity index (χ2v) is 5.94. The molecule has 1 aliphatic carbocycles. The molecular formula is C17H27NO. The first-order chi connectivity index (χ1) is 9.19. The average molecular weight is 261 g/mol. The molecule has 3 atom stereocenters. The van der Waals surface area contributed by atoms with Crippen LogP contribution in [0.3, 0.4) is 0 Å². The van der Waals surface area contributed by atoms with Gasteiger partial charge in [0.05, 0.1) is 6.10 Å². The standard InChI is InChI=1S/C17H27NO/c1-4-18-12-15-6-5-7-16(11-15)19-17-9-8-13(2)14(3)10-17/h5-7,11,13-14,17-18H,4,8-10,12H2,1-3H3. The summed E-state index contributed by atoms with van der Waals surface area (Å²) in [5, 5.41) is 3.35. The molecule has 19 heavy (non-hydrogen) atoms. The van der Waals surface area contributed by atoms with Crippen molar-refractivity contribution >= 4 is 0 Å². The van der Waals surface area contributed by atoms with E-state index in [0.29, 0.717) is 6.10 Å². The first-order valence-corrected chi connectivity index (χ1v) is 7.65. The first kappa shape index (κ1) is 14.4. The molecule has 2 nitrogen and oxygen atoms in total. The van der Waals surface area contributed by atoms with Crippen LogP contribution in [0.4, 0.5) is 0 Å². The van der Waals surface area contributed by atoms with Crippen molar-refractivity contribution in [2.75, 3.05) is 6.54 Å². The molecule has 1 fully saturated rings. The molecule has 0 saturated heterocycles. The van der Waals surface area contributed by atoms with Crippen LogP contribution in [0.25, 0.3) is 0 Å². The van der Waals surface area contributed by atoms with Crippen molar-refractivity contribution in [2.24, 2.45) is 11.8 Å². The van der Waals surface area contributed by atoms with E-state index in [1.165, 1.54) is 24.8 Å². The van der Waals surface area contributed by atoms with E-state index in [0.717, 1.165) is 30.7 Å². The van der Waals surface area contributed by atoms with Gasteiger partial charge in [-0.2, -0.15) is 0 Å². The Morgan fingerprint density at radius 2 is 2.05 bits per heavy atom. The molecular weight excluding hydrogens is 234 g/mol. The van der Waals surface area contributed by atoms with E-state index in [4.69, 9.17) is 4.74 Å². The Balaban J connectivity index is 1.91. The molecule has 1 N–H and O–H groups in total. The van der Waals surface area contributed by atoms with Gasteiger partial charge < -0.3 is 10.1 Å². The largest absolute Gasteiger partial charge is 0.490 e. The van der Waals surface area contributed by atoms with Gasteiger partial charge in [0.2, 0.25) is 0 Å². The van der Waals surface area contributed by atoms with Crippen molar-refractivity contribution in [3.63, 3.8) is 0 Å². The third kappa shape index (κ3) is 4.24. The zero-order chi connectivity index (χ0) is 13.7. The quantitative estimate of drug-likeness (QED) is 0.865. The van der Waals surface area contributed by atoms with Crippen LogP contribution in [0.2, 0.25) is 0 Å². The topological polar surface area (TPSA) is 21.3 Å². The van der Waals surface area contributed by atoms with Crippen LogP contribution in [0.15, 0.2) is 24.3 Å². The Morgan fingerprint density at radius 3 is 2.79 bits per heavy atom. The number of hydrogen-bond donors (Lipinski definition) is 1. The SMILES string of the molecule is CCNCc1cccc(OC2CCC(C)C(C)C2)c1. The summed E-state index contributed by atoms with van der Waals surface area (Å²) in [5.41, 5.74) is 1.30. The van der Waals surface area contributed by atoms with Gasteiger partial charge in [-0.05, 0) is 55.3 Å². The fourth-order valence-electron chi connectivity index (χ4n) is 2.80. The predicted octanol–water partition coefficient (Wildman–Crippen LogP) is 4.00. The second-order valence-electron chi connectivity index (χ2n) is 5.94. The number of nitrogens with one attached hydrogen (secondary N) is 1. The van der Waals surface area contributed by atoms with Crippen molar-refractivity contribution in [1.29, 1.82) is 0 Å². The summed E-state index contributed by atoms with van der Waals surface area (Å²) in [6.45, 7) is 8.76. The lowest BCUT2D eigenvalue weighted by molar-refractivity contribution is 0.101. The molecule has 0 spiro atoms. The fourth-order valence-corrected chi connectivity index (χ4v) is 2.80. The summed E-state index contributed by atoms with van der Waals surface area (Å²) in [4.78, 5) is 0. The molecule has 3 unspecified atom stereocenters. The first-order valence-electron chi connectivity index (χ1n) is 7.65. The lowest BCUT2D eigenvalue weighted by Crippen LogP contribution is -2.28. The summed E-state index contributed by atoms with van der Waals surface area (Å²) < 4.78 is 6.17. The molecule has 0 bridgehead atoms. The Morgan fingerprint density at radius 1 is 1.21 bits per heavy atom. The molecule has 0 aliphatic heterocycles. The molecule has 1 saturated carbocycles. The molecule has 2 heteroatoms. The highest BCUT2D eigenvalue weighted by atomic mass is 16.5. The van der Waals surface area contributed by atoms with E-state index in [-0.39, 0.29) is 0 Å². The van der Waals surface area contributed by atoms with Crippen molar-refractivity contribution < 1.29 is 4.74 Å². The predicted molar refractivity (Wildman–Crippen MR) is 80.4 cm³/mol. The number of ether oxygens (including phenoxy) is 1. The molecule has 0 heterocycles. The van der Waals surface area contributed by atoms with Crippen LogP contribution < -0.4 is 10.1 Å².